The van der Waals surface area contributed by atoms with Gasteiger partial charge in [-0.05, 0) is 49.7 Å². The van der Waals surface area contributed by atoms with E-state index < -0.39 is 39.3 Å². The lowest BCUT2D eigenvalue weighted by Gasteiger charge is -2.18. The molecule has 0 aliphatic heterocycles. The van der Waals surface area contributed by atoms with E-state index in [4.69, 9.17) is 4.74 Å². The average Bonchev–Trinajstić information content (AvgIpc) is 2.65. The summed E-state index contributed by atoms with van der Waals surface area (Å²) >= 11 is 3.27. The van der Waals surface area contributed by atoms with Crippen molar-refractivity contribution in [1.29, 1.82) is 0 Å². The molecule has 0 bridgehead atoms. The van der Waals surface area contributed by atoms with E-state index in [9.17, 15) is 22.4 Å². The van der Waals surface area contributed by atoms with E-state index in [-0.39, 0.29) is 10.9 Å². The van der Waals surface area contributed by atoms with E-state index in [0.717, 1.165) is 29.8 Å². The highest BCUT2D eigenvalue weighted by Crippen LogP contribution is 2.21. The molecule has 10 heteroatoms. The minimum Gasteiger partial charge on any atom is -0.467 e. The molecule has 156 valence electrons. The highest BCUT2D eigenvalue weighted by atomic mass is 79.9. The van der Waals surface area contributed by atoms with Gasteiger partial charge in [0.15, 0.2) is 6.04 Å². The number of rotatable bonds is 7. The van der Waals surface area contributed by atoms with E-state index in [1.807, 2.05) is 0 Å². The molecule has 2 rings (SSSR count). The topological polar surface area (TPSA) is 102 Å². The van der Waals surface area contributed by atoms with Gasteiger partial charge in [0.1, 0.15) is 5.82 Å². The number of carbonyl (C=O) groups excluding carboxylic acids is 2. The quantitative estimate of drug-likeness (QED) is 0.585. The summed E-state index contributed by atoms with van der Waals surface area (Å²) in [6.45, 7) is 3.27. The van der Waals surface area contributed by atoms with Gasteiger partial charge in [0.25, 0.3) is 5.91 Å². The van der Waals surface area contributed by atoms with Crippen molar-refractivity contribution in [3.8, 4) is 0 Å². The molecule has 0 aliphatic rings. The van der Waals surface area contributed by atoms with Crippen LogP contribution in [0.5, 0.6) is 0 Å². The molecular formula is C19H20BrFN2O5S. The number of nitrogens with one attached hydrogen (secondary N) is 2. The first-order valence-corrected chi connectivity index (χ1v) is 10.8. The van der Waals surface area contributed by atoms with Crippen LogP contribution in [0.3, 0.4) is 0 Å². The Kier molecular flexibility index (Phi) is 7.50. The molecule has 0 fully saturated rings. The van der Waals surface area contributed by atoms with E-state index in [1.165, 1.54) is 0 Å². The zero-order chi connectivity index (χ0) is 21.8. The summed E-state index contributed by atoms with van der Waals surface area (Å²) in [5.41, 5.74) is -0.0956. The standard InChI is InChI=1S/C19H20BrFN2O5S/c1-11(2)23-29(26,27)14-8-9-16(21)15(10-14)18(24)22-17(19(25)28-3)12-4-6-13(20)7-5-12/h4-11,17,23H,1-3H3,(H,22,24). The maximum absolute atomic E-state index is 14.3. The number of amides is 1. The third kappa shape index (κ3) is 5.84. The van der Waals surface area contributed by atoms with Crippen molar-refractivity contribution in [3.63, 3.8) is 0 Å². The van der Waals surface area contributed by atoms with Gasteiger partial charge in [-0.15, -0.1) is 0 Å². The fourth-order valence-electron chi connectivity index (χ4n) is 2.48. The average molecular weight is 487 g/mol. The normalized spacial score (nSPS) is 12.5. The summed E-state index contributed by atoms with van der Waals surface area (Å²) in [5.74, 6) is -2.64. The molecule has 2 N–H and O–H groups in total. The van der Waals surface area contributed by atoms with Crippen LogP contribution in [0.2, 0.25) is 0 Å². The Balaban J connectivity index is 2.38. The lowest BCUT2D eigenvalue weighted by Crippen LogP contribution is -2.35. The Morgan fingerprint density at radius 1 is 1.10 bits per heavy atom. The van der Waals surface area contributed by atoms with Crippen molar-refractivity contribution in [1.82, 2.24) is 10.0 Å². The van der Waals surface area contributed by atoms with E-state index in [2.05, 4.69) is 26.0 Å². The SMILES string of the molecule is COC(=O)C(NC(=O)c1cc(S(=O)(=O)NC(C)C)ccc1F)c1ccc(Br)cc1. The number of hydrogen-bond donors (Lipinski definition) is 2. The summed E-state index contributed by atoms with van der Waals surface area (Å²) in [7, 11) is -2.77. The van der Waals surface area contributed by atoms with Gasteiger partial charge < -0.3 is 10.1 Å². The van der Waals surface area contributed by atoms with Gasteiger partial charge in [0.2, 0.25) is 10.0 Å². The molecule has 0 saturated heterocycles. The Morgan fingerprint density at radius 2 is 1.72 bits per heavy atom. The lowest BCUT2D eigenvalue weighted by atomic mass is 10.1. The zero-order valence-electron chi connectivity index (χ0n) is 15.9. The first-order chi connectivity index (χ1) is 13.5. The Hall–Kier alpha value is -2.30. The molecule has 1 atom stereocenters. The fraction of sp³-hybridized carbons (Fsp3) is 0.263. The minimum absolute atomic E-state index is 0.268. The number of halogens is 2. The smallest absolute Gasteiger partial charge is 0.333 e. The molecule has 0 spiro atoms. The third-order valence-electron chi connectivity index (χ3n) is 3.80. The van der Waals surface area contributed by atoms with Gasteiger partial charge in [-0.2, -0.15) is 0 Å². The summed E-state index contributed by atoms with van der Waals surface area (Å²) in [6, 6.07) is 7.81. The molecule has 1 amide bonds. The van der Waals surface area contributed by atoms with Gasteiger partial charge in [0.05, 0.1) is 17.6 Å². The van der Waals surface area contributed by atoms with E-state index in [1.54, 1.807) is 38.1 Å². The predicted molar refractivity (Wildman–Crippen MR) is 108 cm³/mol. The number of sulfonamides is 1. The van der Waals surface area contributed by atoms with Crippen LogP contribution in [0.25, 0.3) is 0 Å². The largest absolute Gasteiger partial charge is 0.467 e. The predicted octanol–water partition coefficient (Wildman–Crippen LogP) is 2.92. The van der Waals surface area contributed by atoms with Crippen molar-refractivity contribution >= 4 is 37.8 Å². The van der Waals surface area contributed by atoms with Crippen LogP contribution in [-0.2, 0) is 19.6 Å². The molecule has 1 unspecified atom stereocenters. The number of benzene rings is 2. The van der Waals surface area contributed by atoms with Crippen molar-refractivity contribution in [3.05, 3.63) is 63.9 Å². The maximum Gasteiger partial charge on any atom is 0.333 e. The Morgan fingerprint density at radius 3 is 2.28 bits per heavy atom. The highest BCUT2D eigenvalue weighted by Gasteiger charge is 2.26. The maximum atomic E-state index is 14.3. The summed E-state index contributed by atoms with van der Waals surface area (Å²) in [4.78, 5) is 24.5. The molecular weight excluding hydrogens is 467 g/mol. The minimum atomic E-state index is -3.93. The molecule has 0 heterocycles. The van der Waals surface area contributed by atoms with E-state index >= 15 is 0 Å². The summed E-state index contributed by atoms with van der Waals surface area (Å²) in [6.07, 6.45) is 0. The number of carbonyl (C=O) groups is 2. The number of hydrogen-bond acceptors (Lipinski definition) is 5. The first kappa shape index (κ1) is 23.0. The molecule has 2 aromatic carbocycles. The van der Waals surface area contributed by atoms with E-state index in [0.29, 0.717) is 5.56 Å². The summed E-state index contributed by atoms with van der Waals surface area (Å²) in [5, 5.41) is 2.40. The first-order valence-electron chi connectivity index (χ1n) is 8.51. The van der Waals surface area contributed by atoms with Crippen LogP contribution in [0.4, 0.5) is 4.39 Å². The number of ether oxygens (including phenoxy) is 1. The second-order valence-corrected chi connectivity index (χ2v) is 9.03. The second kappa shape index (κ2) is 9.47. The van der Waals surface area contributed by atoms with Crippen LogP contribution in [0.15, 0.2) is 51.8 Å². The van der Waals surface area contributed by atoms with Gasteiger partial charge in [-0.3, -0.25) is 4.79 Å². The Labute approximate surface area is 176 Å². The Bertz CT molecular complexity index is 1010. The number of methoxy groups -OCH3 is 1. The lowest BCUT2D eigenvalue weighted by molar-refractivity contribution is -0.143. The zero-order valence-corrected chi connectivity index (χ0v) is 18.3. The molecule has 7 nitrogen and oxygen atoms in total. The van der Waals surface area contributed by atoms with Crippen molar-refractivity contribution in [2.45, 2.75) is 30.8 Å². The molecule has 0 radical (unpaired) electrons. The highest BCUT2D eigenvalue weighted by molar-refractivity contribution is 9.10. The molecule has 0 aliphatic carbocycles. The summed E-state index contributed by atoms with van der Waals surface area (Å²) < 4.78 is 46.7. The van der Waals surface area contributed by atoms with Crippen LogP contribution in [0, 0.1) is 5.82 Å². The van der Waals surface area contributed by atoms with Gasteiger partial charge in [-0.25, -0.2) is 22.3 Å². The molecule has 2 aromatic rings. The van der Waals surface area contributed by atoms with Crippen LogP contribution in [-0.4, -0.2) is 33.4 Å². The second-order valence-electron chi connectivity index (χ2n) is 6.40. The van der Waals surface area contributed by atoms with Crippen molar-refractivity contribution in [2.24, 2.45) is 0 Å². The monoisotopic (exact) mass is 486 g/mol. The van der Waals surface area contributed by atoms with Crippen LogP contribution >= 0.6 is 15.9 Å². The van der Waals surface area contributed by atoms with Crippen LogP contribution in [0.1, 0.15) is 35.8 Å². The van der Waals surface area contributed by atoms with Gasteiger partial charge in [-0.1, -0.05) is 28.1 Å². The van der Waals surface area contributed by atoms with Crippen LogP contribution < -0.4 is 10.0 Å². The number of esters is 1. The molecule has 0 aromatic heterocycles. The molecule has 0 saturated carbocycles. The molecule has 29 heavy (non-hydrogen) atoms. The third-order valence-corrected chi connectivity index (χ3v) is 5.98. The van der Waals surface area contributed by atoms with Gasteiger partial charge in [0, 0.05) is 10.5 Å². The van der Waals surface area contributed by atoms with Crippen molar-refractivity contribution in [2.75, 3.05) is 7.11 Å². The fourth-order valence-corrected chi connectivity index (χ4v) is 4.03. The van der Waals surface area contributed by atoms with Gasteiger partial charge >= 0.3 is 5.97 Å². The van der Waals surface area contributed by atoms with Crippen molar-refractivity contribution < 1.29 is 27.1 Å².